The van der Waals surface area contributed by atoms with Gasteiger partial charge < -0.3 is 56.8 Å². The Morgan fingerprint density at radius 1 is 0.431 bits per heavy atom. The van der Waals surface area contributed by atoms with Gasteiger partial charge in [-0.2, -0.15) is 0 Å². The van der Waals surface area contributed by atoms with Crippen LogP contribution in [0.3, 0.4) is 0 Å². The fourth-order valence-corrected chi connectivity index (χ4v) is 7.64. The molecule has 0 radical (unpaired) electrons. The minimum Gasteiger partial charge on any atom is -0.491 e. The Bertz CT molecular complexity index is 1510. The third-order valence-corrected chi connectivity index (χ3v) is 10.5. The molecule has 65 heavy (non-hydrogen) atoms. The van der Waals surface area contributed by atoms with Gasteiger partial charge in [0.05, 0.1) is 58.3 Å². The van der Waals surface area contributed by atoms with Crippen molar-refractivity contribution in [1.82, 2.24) is 0 Å². The maximum Gasteiger partial charge on any atom is 0.331 e. The van der Waals surface area contributed by atoms with Crippen molar-refractivity contribution in [2.75, 3.05) is 66.1 Å². The molecule has 0 aromatic rings. The smallest absolute Gasteiger partial charge is 0.331 e. The number of hydrogen-bond donors (Lipinski definition) is 0. The Morgan fingerprint density at radius 3 is 0.969 bits per heavy atom. The molecule has 0 amide bonds. The number of carbonyl (C=O) groups is 2. The Morgan fingerprint density at radius 2 is 0.692 bits per heavy atom. The second-order valence-electron chi connectivity index (χ2n) is 16.3. The number of carbonyl (C=O) groups excluding carboxylic acids is 2. The van der Waals surface area contributed by atoms with E-state index in [1.165, 1.54) is 0 Å². The van der Waals surface area contributed by atoms with Crippen molar-refractivity contribution in [2.45, 2.75) is 171 Å². The number of hydrogen-bond acceptors (Lipinski definition) is 14. The van der Waals surface area contributed by atoms with Gasteiger partial charge in [-0.15, -0.1) is 0 Å². The first kappa shape index (κ1) is 56.8. The lowest BCUT2D eigenvalue weighted by molar-refractivity contribution is -0.271. The van der Waals surface area contributed by atoms with Crippen LogP contribution in [0.4, 0.5) is 0 Å². The van der Waals surface area contributed by atoms with E-state index < -0.39 is 40.8 Å². The third kappa shape index (κ3) is 13.0. The minimum absolute atomic E-state index is 0.0474. The monoisotopic (exact) mass is 921 g/mol. The van der Waals surface area contributed by atoms with E-state index in [0.29, 0.717) is 64.2 Å². The van der Waals surface area contributed by atoms with Crippen molar-refractivity contribution in [3.8, 4) is 0 Å². The van der Waals surface area contributed by atoms with E-state index in [0.717, 1.165) is 12.2 Å². The second kappa shape index (κ2) is 29.4. The number of rotatable bonds is 36. The Labute approximate surface area is 391 Å². The van der Waals surface area contributed by atoms with E-state index in [-0.39, 0.29) is 112 Å². The molecule has 4 unspecified atom stereocenters. The van der Waals surface area contributed by atoms with Crippen LogP contribution in [0.25, 0.3) is 0 Å². The van der Waals surface area contributed by atoms with E-state index in [2.05, 4.69) is 13.2 Å². The van der Waals surface area contributed by atoms with Crippen LogP contribution in [0.15, 0.2) is 71.4 Å². The largest absolute Gasteiger partial charge is 0.491 e. The van der Waals surface area contributed by atoms with Gasteiger partial charge in [0.15, 0.2) is 35.2 Å². The highest BCUT2D eigenvalue weighted by atomic mass is 16.7. The molecule has 372 valence electrons. The molecule has 4 atom stereocenters. The zero-order chi connectivity index (χ0) is 48.5. The summed E-state index contributed by atoms with van der Waals surface area (Å²) in [6.45, 7) is 33.1. The maximum absolute atomic E-state index is 14.5. The SMILES string of the molecule is C=CC(=O)OC1(C(C)(C)C2(OC(=O)C=C)C(OCCC)=C(OCCC)C(OCCC)=C(OCCC)C2OCCC)C(OCCC)=C(OCCC)C(OCCC)=C(OCCC)C1OCCC. The fourth-order valence-electron chi connectivity index (χ4n) is 7.64. The molecule has 0 aliphatic heterocycles. The predicted octanol–water partition coefficient (Wildman–Crippen LogP) is 10.8. The highest BCUT2D eigenvalue weighted by molar-refractivity contribution is 5.83. The van der Waals surface area contributed by atoms with E-state index in [1.807, 2.05) is 69.2 Å². The van der Waals surface area contributed by atoms with Crippen LogP contribution in [0, 0.1) is 5.41 Å². The Kier molecular flexibility index (Phi) is 25.7. The molecule has 0 aromatic heterocycles. The standard InChI is InChI=1S/C51H84O14/c1-15-27-54-39-41(56-29-17-3)45(60-33-21-7)50(64-37(52)25-11,46(61-34-22-8)42(39)57-30-18-4)49(13,14)51(65-38(53)26-12)47(62-35-23-9)43(58-31-19-5)40(55-28-16-2)44(59-32-20-6)48(51)63-36-24-10/h25-26,45,47H,11-12,15-24,27-36H2,1-10,13-14H3. The molecule has 2 aliphatic carbocycles. The first-order valence-electron chi connectivity index (χ1n) is 24.3. The minimum atomic E-state index is -2.20. The van der Waals surface area contributed by atoms with Gasteiger partial charge in [-0.25, -0.2) is 9.59 Å². The zero-order valence-corrected chi connectivity index (χ0v) is 42.1. The zero-order valence-electron chi connectivity index (χ0n) is 42.1. The number of esters is 2. The van der Waals surface area contributed by atoms with Crippen molar-refractivity contribution in [2.24, 2.45) is 5.41 Å². The van der Waals surface area contributed by atoms with Crippen molar-refractivity contribution in [1.29, 1.82) is 0 Å². The van der Waals surface area contributed by atoms with Crippen LogP contribution in [0.1, 0.15) is 147 Å². The summed E-state index contributed by atoms with van der Waals surface area (Å²) in [4.78, 5) is 29.1. The number of ether oxygens (including phenoxy) is 12. The molecule has 0 saturated carbocycles. The molecular formula is C51H84O14. The molecular weight excluding hydrogens is 837 g/mol. The van der Waals surface area contributed by atoms with Crippen LogP contribution < -0.4 is 0 Å². The highest BCUT2D eigenvalue weighted by Gasteiger charge is 2.78. The van der Waals surface area contributed by atoms with Gasteiger partial charge in [-0.3, -0.25) is 0 Å². The Balaban J connectivity index is 3.80. The van der Waals surface area contributed by atoms with Crippen LogP contribution in [0.5, 0.6) is 0 Å². The molecule has 0 saturated heterocycles. The summed E-state index contributed by atoms with van der Waals surface area (Å²) < 4.78 is 82.2. The molecule has 14 heteroatoms. The molecule has 2 rings (SSSR count). The van der Waals surface area contributed by atoms with Gasteiger partial charge in [0, 0.05) is 25.4 Å². The van der Waals surface area contributed by atoms with Crippen LogP contribution in [-0.4, -0.2) is 101 Å². The highest BCUT2D eigenvalue weighted by Crippen LogP contribution is 2.63. The van der Waals surface area contributed by atoms with Crippen molar-refractivity contribution in [3.63, 3.8) is 0 Å². The van der Waals surface area contributed by atoms with Crippen LogP contribution >= 0.6 is 0 Å². The third-order valence-electron chi connectivity index (χ3n) is 10.5. The summed E-state index contributed by atoms with van der Waals surface area (Å²) in [7, 11) is 0. The average molecular weight is 921 g/mol. The van der Waals surface area contributed by atoms with Gasteiger partial charge in [-0.1, -0.05) is 96.2 Å². The molecule has 0 N–H and O–H groups in total. The van der Waals surface area contributed by atoms with E-state index in [9.17, 15) is 9.59 Å². The van der Waals surface area contributed by atoms with Gasteiger partial charge >= 0.3 is 11.9 Å². The molecule has 0 bridgehead atoms. The van der Waals surface area contributed by atoms with Gasteiger partial charge in [0.1, 0.15) is 0 Å². The lowest BCUT2D eigenvalue weighted by Crippen LogP contribution is -2.74. The Hall–Kier alpha value is -4.30. The molecule has 0 aromatic carbocycles. The summed E-state index contributed by atoms with van der Waals surface area (Å²) >= 11 is 0. The first-order valence-corrected chi connectivity index (χ1v) is 24.3. The van der Waals surface area contributed by atoms with E-state index in [4.69, 9.17) is 56.8 Å². The summed E-state index contributed by atoms with van der Waals surface area (Å²) in [6.07, 6.45) is 5.34. The first-order chi connectivity index (χ1) is 31.4. The van der Waals surface area contributed by atoms with Gasteiger partial charge in [0.2, 0.25) is 34.2 Å². The molecule has 0 fully saturated rings. The lowest BCUT2D eigenvalue weighted by Gasteiger charge is -2.60. The molecule has 0 spiro atoms. The second-order valence-corrected chi connectivity index (χ2v) is 16.3. The van der Waals surface area contributed by atoms with E-state index >= 15 is 0 Å². The van der Waals surface area contributed by atoms with Crippen LogP contribution in [-0.2, 0) is 66.4 Å². The predicted molar refractivity (Wildman–Crippen MR) is 250 cm³/mol. The fraction of sp³-hybridized carbons (Fsp3) is 0.725. The lowest BCUT2D eigenvalue weighted by atomic mass is 9.55. The molecule has 2 aliphatic rings. The topological polar surface area (TPSA) is 145 Å². The van der Waals surface area contributed by atoms with Crippen molar-refractivity contribution >= 4 is 11.9 Å². The summed E-state index contributed by atoms with van der Waals surface area (Å²) in [6, 6.07) is 0. The summed E-state index contributed by atoms with van der Waals surface area (Å²) in [5, 5.41) is 0. The molecule has 0 heterocycles. The van der Waals surface area contributed by atoms with Crippen molar-refractivity contribution in [3.05, 3.63) is 71.4 Å². The quantitative estimate of drug-likeness (QED) is 0.0434. The molecule has 14 nitrogen and oxygen atoms in total. The normalized spacial score (nSPS) is 21.2. The maximum atomic E-state index is 14.5. The summed E-state index contributed by atoms with van der Waals surface area (Å²) in [5.41, 5.74) is -6.24. The van der Waals surface area contributed by atoms with Gasteiger partial charge in [0.25, 0.3) is 0 Å². The average Bonchev–Trinajstić information content (AvgIpc) is 3.30. The van der Waals surface area contributed by atoms with Gasteiger partial charge in [-0.05, 0) is 64.2 Å². The van der Waals surface area contributed by atoms with Crippen LogP contribution in [0.2, 0.25) is 0 Å². The van der Waals surface area contributed by atoms with Crippen molar-refractivity contribution < 1.29 is 66.4 Å². The van der Waals surface area contributed by atoms with E-state index in [1.54, 1.807) is 13.8 Å². The summed E-state index contributed by atoms with van der Waals surface area (Å²) in [5.74, 6) is -0.423.